The minimum absolute atomic E-state index is 0.327. The Bertz CT molecular complexity index is 116. The molecule has 0 aliphatic heterocycles. The second-order valence-electron chi connectivity index (χ2n) is 5.24. The van der Waals surface area contributed by atoms with Gasteiger partial charge in [0.2, 0.25) is 0 Å². The first-order valence-electron chi connectivity index (χ1n) is 6.45. The van der Waals surface area contributed by atoms with Gasteiger partial charge in [-0.15, -0.1) is 0 Å². The van der Waals surface area contributed by atoms with Crippen LogP contribution >= 0.6 is 0 Å². The van der Waals surface area contributed by atoms with Crippen molar-refractivity contribution in [2.45, 2.75) is 72.1 Å². The molecule has 0 aromatic carbocycles. The van der Waals surface area contributed by atoms with Crippen molar-refractivity contribution in [1.82, 2.24) is 0 Å². The predicted molar refractivity (Wildman–Crippen MR) is 62.2 cm³/mol. The molecule has 0 unspecified atom stereocenters. The summed E-state index contributed by atoms with van der Waals surface area (Å²) < 4.78 is 2.66. The summed E-state index contributed by atoms with van der Waals surface area (Å²) >= 11 is -0.327. The van der Waals surface area contributed by atoms with Crippen molar-refractivity contribution >= 4 is 21.1 Å². The second kappa shape index (κ2) is 5.62. The molecule has 0 nitrogen and oxygen atoms in total. The van der Waals surface area contributed by atoms with Gasteiger partial charge >= 0.3 is 93.2 Å². The van der Waals surface area contributed by atoms with Crippen molar-refractivity contribution in [2.75, 3.05) is 0 Å². The zero-order valence-electron chi connectivity index (χ0n) is 8.93. The monoisotopic (exact) mass is 288 g/mol. The summed E-state index contributed by atoms with van der Waals surface area (Å²) in [6.45, 7) is 0. The van der Waals surface area contributed by atoms with E-state index in [1.165, 1.54) is 7.87 Å². The van der Waals surface area contributed by atoms with Crippen molar-refractivity contribution in [3.05, 3.63) is 0 Å². The molecular weight excluding hydrogens is 263 g/mol. The van der Waals surface area contributed by atoms with Crippen LogP contribution in [0, 0.1) is 0 Å². The summed E-state index contributed by atoms with van der Waals surface area (Å²) in [4.78, 5) is 0. The summed E-state index contributed by atoms with van der Waals surface area (Å²) in [7, 11) is 0. The molecule has 0 aromatic rings. The molecule has 0 amide bonds. The van der Waals surface area contributed by atoms with Crippen molar-refractivity contribution in [3.8, 4) is 0 Å². The Morgan fingerprint density at radius 3 is 1.31 bits per heavy atom. The Balaban J connectivity index is 1.69. The number of hydrogen-bond donors (Lipinski definition) is 0. The van der Waals surface area contributed by atoms with Crippen molar-refractivity contribution in [1.29, 1.82) is 0 Å². The fourth-order valence-electron chi connectivity index (χ4n) is 3.32. The molecule has 0 saturated heterocycles. The molecule has 76 valence electrons. The van der Waals surface area contributed by atoms with E-state index in [1.807, 2.05) is 0 Å². The molecule has 0 aromatic heterocycles. The molecule has 1 heteroatoms. The van der Waals surface area contributed by atoms with E-state index in [2.05, 4.69) is 0 Å². The first-order chi connectivity index (χ1) is 6.45. The van der Waals surface area contributed by atoms with Gasteiger partial charge in [-0.3, -0.25) is 0 Å². The van der Waals surface area contributed by atoms with Gasteiger partial charge in [0.25, 0.3) is 0 Å². The second-order valence-corrected chi connectivity index (χ2v) is 13.2. The van der Waals surface area contributed by atoms with E-state index in [-0.39, 0.29) is 21.1 Å². The Kier molecular flexibility index (Phi) is 4.47. The molecule has 0 radical (unpaired) electrons. The van der Waals surface area contributed by atoms with E-state index in [1.54, 1.807) is 64.2 Å². The standard InChI is InChI=1S/2C6H11.Sn.2H/c2*1-2-4-6-5-3-1;;;/h2*1H,2-6H2;;;. The van der Waals surface area contributed by atoms with E-state index in [0.29, 0.717) is 0 Å². The Morgan fingerprint density at radius 2 is 0.923 bits per heavy atom. The van der Waals surface area contributed by atoms with E-state index < -0.39 is 0 Å². The van der Waals surface area contributed by atoms with Crippen LogP contribution in [0.1, 0.15) is 64.2 Å². The van der Waals surface area contributed by atoms with Crippen LogP contribution in [0.4, 0.5) is 0 Å². The molecular formula is C12H24Sn. The SMILES string of the molecule is C1CC[CH]([SnH2][CH]2CCCCC2)CC1. The zero-order chi connectivity index (χ0) is 8.93. The average Bonchev–Trinajstić information content (AvgIpc) is 2.21. The van der Waals surface area contributed by atoms with Gasteiger partial charge in [-0.25, -0.2) is 0 Å². The maximum atomic E-state index is 1.65. The Hall–Kier alpha value is 0.799. The van der Waals surface area contributed by atoms with Gasteiger partial charge < -0.3 is 0 Å². The topological polar surface area (TPSA) is 0 Å². The van der Waals surface area contributed by atoms with E-state index in [0.717, 1.165) is 0 Å². The summed E-state index contributed by atoms with van der Waals surface area (Å²) in [5, 5.41) is 0. The van der Waals surface area contributed by atoms with Crippen LogP contribution < -0.4 is 0 Å². The normalized spacial score (nSPS) is 27.7. The molecule has 2 saturated carbocycles. The number of hydrogen-bond acceptors (Lipinski definition) is 0. The third kappa shape index (κ3) is 3.45. The third-order valence-electron chi connectivity index (χ3n) is 4.12. The van der Waals surface area contributed by atoms with Gasteiger partial charge in [-0.05, 0) is 0 Å². The van der Waals surface area contributed by atoms with Gasteiger partial charge in [0, 0.05) is 0 Å². The molecule has 0 atom stereocenters. The zero-order valence-corrected chi connectivity index (χ0v) is 13.0. The van der Waals surface area contributed by atoms with Gasteiger partial charge in [0.05, 0.1) is 0 Å². The van der Waals surface area contributed by atoms with Gasteiger partial charge in [0.1, 0.15) is 0 Å². The van der Waals surface area contributed by atoms with Gasteiger partial charge in [-0.2, -0.15) is 0 Å². The molecule has 0 N–H and O–H groups in total. The summed E-state index contributed by atoms with van der Waals surface area (Å²) in [5.41, 5.74) is 0. The van der Waals surface area contributed by atoms with Gasteiger partial charge in [0.15, 0.2) is 0 Å². The molecule has 0 bridgehead atoms. The van der Waals surface area contributed by atoms with E-state index >= 15 is 0 Å². The van der Waals surface area contributed by atoms with Crippen molar-refractivity contribution < 1.29 is 0 Å². The fraction of sp³-hybridized carbons (Fsp3) is 1.00. The first-order valence-corrected chi connectivity index (χ1v) is 11.1. The molecule has 0 spiro atoms. The molecule has 2 aliphatic carbocycles. The summed E-state index contributed by atoms with van der Waals surface area (Å²) in [6.07, 6.45) is 16.0. The van der Waals surface area contributed by atoms with Crippen LogP contribution in [0.25, 0.3) is 0 Å². The maximum absolute atomic E-state index is 1.65. The molecule has 13 heavy (non-hydrogen) atoms. The third-order valence-corrected chi connectivity index (χ3v) is 12.6. The Morgan fingerprint density at radius 1 is 0.538 bits per heavy atom. The van der Waals surface area contributed by atoms with Crippen LogP contribution in [0.5, 0.6) is 0 Å². The predicted octanol–water partition coefficient (Wildman–Crippen LogP) is 3.66. The van der Waals surface area contributed by atoms with Crippen LogP contribution in [0.2, 0.25) is 7.87 Å². The van der Waals surface area contributed by atoms with E-state index in [9.17, 15) is 0 Å². The average molecular weight is 287 g/mol. The quantitative estimate of drug-likeness (QED) is 0.680. The fourth-order valence-corrected chi connectivity index (χ4v) is 12.0. The summed E-state index contributed by atoms with van der Waals surface area (Å²) in [5.74, 6) is 0. The molecule has 2 fully saturated rings. The first kappa shape index (κ1) is 10.3. The van der Waals surface area contributed by atoms with Crippen LogP contribution in [0.3, 0.4) is 0 Å². The van der Waals surface area contributed by atoms with Crippen LogP contribution in [0.15, 0.2) is 0 Å². The van der Waals surface area contributed by atoms with E-state index in [4.69, 9.17) is 0 Å². The Labute approximate surface area is 93.1 Å². The minimum atomic E-state index is -0.327. The van der Waals surface area contributed by atoms with Crippen LogP contribution in [-0.2, 0) is 0 Å². The molecule has 2 rings (SSSR count). The molecule has 0 heterocycles. The van der Waals surface area contributed by atoms with Crippen LogP contribution in [-0.4, -0.2) is 21.1 Å². The number of rotatable bonds is 2. The van der Waals surface area contributed by atoms with Crippen molar-refractivity contribution in [2.24, 2.45) is 0 Å². The van der Waals surface area contributed by atoms with Crippen molar-refractivity contribution in [3.63, 3.8) is 0 Å². The molecule has 2 aliphatic rings. The summed E-state index contributed by atoms with van der Waals surface area (Å²) in [6, 6.07) is 0. The van der Waals surface area contributed by atoms with Gasteiger partial charge in [-0.1, -0.05) is 0 Å².